The monoisotopic (exact) mass is 530 g/mol. The van der Waals surface area contributed by atoms with Gasteiger partial charge in [0.15, 0.2) is 16.7 Å². The lowest BCUT2D eigenvalue weighted by atomic mass is 10.1. The molecule has 3 aromatic rings. The molecule has 7 nitrogen and oxygen atoms in total. The zero-order valence-corrected chi connectivity index (χ0v) is 20.5. The van der Waals surface area contributed by atoms with Gasteiger partial charge in [-0.15, -0.1) is 0 Å². The summed E-state index contributed by atoms with van der Waals surface area (Å²) >= 11 is 13.3. The van der Waals surface area contributed by atoms with E-state index in [1.807, 2.05) is 0 Å². The predicted molar refractivity (Wildman–Crippen MR) is 129 cm³/mol. The second-order valence-electron chi connectivity index (χ2n) is 7.62. The third-order valence-electron chi connectivity index (χ3n) is 5.27. The Bertz CT molecular complexity index is 1190. The summed E-state index contributed by atoms with van der Waals surface area (Å²) in [5.41, 5.74) is 0.594. The maximum atomic E-state index is 14.7. The summed E-state index contributed by atoms with van der Waals surface area (Å²) in [7, 11) is 0. The highest BCUT2D eigenvalue weighted by Crippen LogP contribution is 2.37. The van der Waals surface area contributed by atoms with Crippen molar-refractivity contribution < 1.29 is 23.0 Å². The maximum Gasteiger partial charge on any atom is 0.321 e. The average molecular weight is 531 g/mol. The highest BCUT2D eigenvalue weighted by Gasteiger charge is 2.21. The zero-order chi connectivity index (χ0) is 24.2. The number of aromatic nitrogens is 1. The van der Waals surface area contributed by atoms with Crippen LogP contribution in [0.1, 0.15) is 18.6 Å². The minimum absolute atomic E-state index is 0.0680. The molecular weight excluding hydrogens is 509 g/mol. The molecule has 2 amide bonds. The number of nitrogens with zero attached hydrogens (tertiary/aromatic N) is 2. The number of urea groups is 1. The number of ether oxygens (including phenoxy) is 2. The second-order valence-corrected chi connectivity index (χ2v) is 9.44. The number of thiazole rings is 1. The summed E-state index contributed by atoms with van der Waals surface area (Å²) in [5.74, 6) is -1.37. The van der Waals surface area contributed by atoms with Crippen LogP contribution in [0.15, 0.2) is 24.3 Å². The van der Waals surface area contributed by atoms with Crippen LogP contribution >= 0.6 is 34.5 Å². The molecule has 1 saturated heterocycles. The number of halogens is 4. The Hall–Kier alpha value is -2.24. The Morgan fingerprint density at radius 2 is 2.03 bits per heavy atom. The van der Waals surface area contributed by atoms with E-state index in [9.17, 15) is 13.6 Å². The van der Waals surface area contributed by atoms with Crippen LogP contribution in [0, 0.1) is 11.6 Å². The molecule has 1 aliphatic heterocycles. The minimum Gasteiger partial charge on any atom is -0.483 e. The molecule has 1 aromatic heterocycles. The number of nitrogens with one attached hydrogen (secondary N) is 2. The summed E-state index contributed by atoms with van der Waals surface area (Å²) in [5, 5.41) is 5.81. The van der Waals surface area contributed by atoms with E-state index in [0.717, 1.165) is 25.7 Å². The zero-order valence-electron chi connectivity index (χ0n) is 18.2. The number of amides is 2. The van der Waals surface area contributed by atoms with Crippen molar-refractivity contribution in [3.05, 3.63) is 51.5 Å². The maximum absolute atomic E-state index is 14.7. The van der Waals surface area contributed by atoms with Crippen molar-refractivity contribution in [1.82, 2.24) is 15.2 Å². The SMILES string of the molecule is C[C@@H](Oc1cc2sc(NC(=O)NCCN3CCOCC3)nc2cc1F)c1c(Cl)ccc(F)c1Cl. The molecule has 182 valence electrons. The number of carbonyl (C=O) groups excluding carboxylic acids is 1. The molecule has 0 spiro atoms. The van der Waals surface area contributed by atoms with Crippen LogP contribution in [0.5, 0.6) is 5.75 Å². The van der Waals surface area contributed by atoms with Crippen molar-refractivity contribution in [2.75, 3.05) is 44.7 Å². The number of anilines is 1. The molecule has 0 saturated carbocycles. The molecule has 2 heterocycles. The molecule has 0 aliphatic carbocycles. The molecule has 1 aliphatic rings. The normalized spacial score (nSPS) is 15.3. The van der Waals surface area contributed by atoms with E-state index in [1.54, 1.807) is 6.92 Å². The predicted octanol–water partition coefficient (Wildman–Crippen LogP) is 5.48. The van der Waals surface area contributed by atoms with E-state index in [4.69, 9.17) is 32.7 Å². The van der Waals surface area contributed by atoms with Crippen LogP contribution in [0.25, 0.3) is 10.2 Å². The quantitative estimate of drug-likeness (QED) is 0.396. The Labute approximate surface area is 208 Å². The van der Waals surface area contributed by atoms with Gasteiger partial charge in [-0.25, -0.2) is 18.6 Å². The van der Waals surface area contributed by atoms with Gasteiger partial charge in [0.2, 0.25) is 0 Å². The van der Waals surface area contributed by atoms with E-state index >= 15 is 0 Å². The van der Waals surface area contributed by atoms with Gasteiger partial charge in [-0.1, -0.05) is 34.5 Å². The summed E-state index contributed by atoms with van der Waals surface area (Å²) in [6.45, 7) is 5.87. The fraction of sp³-hybridized carbons (Fsp3) is 0.364. The lowest BCUT2D eigenvalue weighted by molar-refractivity contribution is 0.0388. The number of fused-ring (bicyclic) bond motifs is 1. The first kappa shape index (κ1) is 24.9. The van der Waals surface area contributed by atoms with Gasteiger partial charge in [-0.2, -0.15) is 0 Å². The highest BCUT2D eigenvalue weighted by atomic mass is 35.5. The summed E-state index contributed by atoms with van der Waals surface area (Å²) in [4.78, 5) is 18.7. The fourth-order valence-electron chi connectivity index (χ4n) is 3.53. The number of hydrogen-bond acceptors (Lipinski definition) is 6. The molecule has 1 atom stereocenters. The van der Waals surface area contributed by atoms with E-state index in [-0.39, 0.29) is 21.4 Å². The molecule has 0 bridgehead atoms. The van der Waals surface area contributed by atoms with Gasteiger partial charge >= 0.3 is 6.03 Å². The summed E-state index contributed by atoms with van der Waals surface area (Å²) < 4.78 is 40.1. The highest BCUT2D eigenvalue weighted by molar-refractivity contribution is 7.22. The first-order chi connectivity index (χ1) is 16.3. The molecule has 0 radical (unpaired) electrons. The Balaban J connectivity index is 1.40. The number of benzene rings is 2. The summed E-state index contributed by atoms with van der Waals surface area (Å²) in [6, 6.07) is 4.81. The molecule has 2 aromatic carbocycles. The van der Waals surface area contributed by atoms with Crippen molar-refractivity contribution in [3.8, 4) is 5.75 Å². The largest absolute Gasteiger partial charge is 0.483 e. The molecule has 2 N–H and O–H groups in total. The van der Waals surface area contributed by atoms with Crippen LogP contribution in [-0.4, -0.2) is 55.3 Å². The topological polar surface area (TPSA) is 75.7 Å². The first-order valence-corrected chi connectivity index (χ1v) is 12.1. The molecule has 34 heavy (non-hydrogen) atoms. The third-order valence-corrected chi connectivity index (χ3v) is 6.92. The van der Waals surface area contributed by atoms with Crippen LogP contribution in [0.2, 0.25) is 10.0 Å². The molecule has 1 fully saturated rings. The van der Waals surface area contributed by atoms with E-state index < -0.39 is 23.8 Å². The minimum atomic E-state index is -0.814. The van der Waals surface area contributed by atoms with E-state index in [1.165, 1.54) is 29.5 Å². The van der Waals surface area contributed by atoms with Crippen molar-refractivity contribution in [2.45, 2.75) is 13.0 Å². The smallest absolute Gasteiger partial charge is 0.321 e. The van der Waals surface area contributed by atoms with Gasteiger partial charge in [0, 0.05) is 48.9 Å². The Morgan fingerprint density at radius 1 is 1.26 bits per heavy atom. The molecule has 0 unspecified atom stereocenters. The fourth-order valence-corrected chi connectivity index (χ4v) is 5.08. The lowest BCUT2D eigenvalue weighted by Crippen LogP contribution is -2.42. The average Bonchev–Trinajstić information content (AvgIpc) is 3.18. The van der Waals surface area contributed by atoms with Crippen molar-refractivity contribution in [2.24, 2.45) is 0 Å². The van der Waals surface area contributed by atoms with E-state index in [2.05, 4.69) is 20.5 Å². The van der Waals surface area contributed by atoms with Crippen LogP contribution in [0.4, 0.5) is 18.7 Å². The number of morpholine rings is 1. The van der Waals surface area contributed by atoms with Gasteiger partial charge < -0.3 is 14.8 Å². The third kappa shape index (κ3) is 5.87. The van der Waals surface area contributed by atoms with Crippen LogP contribution < -0.4 is 15.4 Å². The van der Waals surface area contributed by atoms with Crippen molar-refractivity contribution in [1.29, 1.82) is 0 Å². The summed E-state index contributed by atoms with van der Waals surface area (Å²) in [6.07, 6.45) is -0.814. The second kappa shape index (κ2) is 11.0. The van der Waals surface area contributed by atoms with Gasteiger partial charge in [0.25, 0.3) is 0 Å². The van der Waals surface area contributed by atoms with Crippen LogP contribution in [0.3, 0.4) is 0 Å². The Kier molecular flexibility index (Phi) is 8.05. The molecule has 12 heteroatoms. The molecule has 4 rings (SSSR count). The van der Waals surface area contributed by atoms with Gasteiger partial charge in [-0.3, -0.25) is 10.2 Å². The molecular formula is C22H22Cl2F2N4O3S. The first-order valence-electron chi connectivity index (χ1n) is 10.6. The van der Waals surface area contributed by atoms with E-state index in [0.29, 0.717) is 35.1 Å². The Morgan fingerprint density at radius 3 is 2.79 bits per heavy atom. The van der Waals surface area contributed by atoms with Crippen molar-refractivity contribution in [3.63, 3.8) is 0 Å². The van der Waals surface area contributed by atoms with Crippen LogP contribution in [-0.2, 0) is 4.74 Å². The standard InChI is InChI=1S/C22H22Cl2F2N4O3S/c1-12(19-13(23)2-3-14(25)20(19)24)33-17-11-18-16(10-15(17)26)28-22(34-18)29-21(31)27-4-5-30-6-8-32-9-7-30/h2-3,10-12H,4-9H2,1H3,(H2,27,28,29,31)/t12-/m1/s1. The van der Waals surface area contributed by atoms with Gasteiger partial charge in [0.05, 0.1) is 28.5 Å². The number of rotatable bonds is 7. The number of hydrogen-bond donors (Lipinski definition) is 2. The van der Waals surface area contributed by atoms with Gasteiger partial charge in [0.1, 0.15) is 11.9 Å². The number of carbonyl (C=O) groups is 1. The van der Waals surface area contributed by atoms with Crippen molar-refractivity contribution >= 4 is 55.9 Å². The lowest BCUT2D eigenvalue weighted by Gasteiger charge is -2.26. The van der Waals surface area contributed by atoms with Gasteiger partial charge in [-0.05, 0) is 19.1 Å².